The molecule has 2 heterocycles. The van der Waals surface area contributed by atoms with E-state index in [1.807, 2.05) is 0 Å². The van der Waals surface area contributed by atoms with Crippen LogP contribution in [0.25, 0.3) is 0 Å². The quantitative estimate of drug-likeness (QED) is 0.567. The topological polar surface area (TPSA) is 114 Å². The Labute approximate surface area is 101 Å². The summed E-state index contributed by atoms with van der Waals surface area (Å²) in [6.45, 7) is -0.343. The molecule has 8 nitrogen and oxygen atoms in total. The van der Waals surface area contributed by atoms with Crippen molar-refractivity contribution in [2.45, 2.75) is 24.5 Å². The Morgan fingerprint density at radius 1 is 1.56 bits per heavy atom. The number of methoxy groups -OCH3 is 1. The van der Waals surface area contributed by atoms with Crippen molar-refractivity contribution < 1.29 is 19.7 Å². The molecule has 18 heavy (non-hydrogen) atoms. The highest BCUT2D eigenvalue weighted by Gasteiger charge is 2.44. The van der Waals surface area contributed by atoms with Crippen LogP contribution in [0, 0.1) is 0 Å². The van der Waals surface area contributed by atoms with Crippen LogP contribution in [-0.2, 0) is 9.47 Å². The Bertz CT molecular complexity index is 524. The van der Waals surface area contributed by atoms with E-state index in [4.69, 9.17) is 14.6 Å². The van der Waals surface area contributed by atoms with Crippen LogP contribution in [0.5, 0.6) is 0 Å². The van der Waals surface area contributed by atoms with Gasteiger partial charge in [0.05, 0.1) is 6.61 Å². The maximum absolute atomic E-state index is 11.6. The monoisotopic (exact) mass is 258 g/mol. The van der Waals surface area contributed by atoms with Gasteiger partial charge in [0.2, 0.25) is 0 Å². The molecule has 1 aliphatic rings. The van der Waals surface area contributed by atoms with Crippen molar-refractivity contribution in [1.82, 2.24) is 9.55 Å². The summed E-state index contributed by atoms with van der Waals surface area (Å²) in [6, 6.07) is 1.14. The second-order valence-electron chi connectivity index (χ2n) is 3.96. The summed E-state index contributed by atoms with van der Waals surface area (Å²) in [5, 5.41) is 19.1. The van der Waals surface area contributed by atoms with E-state index >= 15 is 0 Å². The van der Waals surface area contributed by atoms with Crippen LogP contribution in [0.4, 0.5) is 0 Å². The summed E-state index contributed by atoms with van der Waals surface area (Å²) in [5.41, 5.74) is -1.23. The highest BCUT2D eigenvalue weighted by atomic mass is 16.6. The van der Waals surface area contributed by atoms with E-state index < -0.39 is 35.8 Å². The van der Waals surface area contributed by atoms with Gasteiger partial charge in [0.15, 0.2) is 6.23 Å². The fourth-order valence-corrected chi connectivity index (χ4v) is 2.02. The minimum Gasteiger partial charge on any atom is -0.394 e. The summed E-state index contributed by atoms with van der Waals surface area (Å²) in [7, 11) is 1.37. The van der Waals surface area contributed by atoms with E-state index in [-0.39, 0.29) is 6.61 Å². The Morgan fingerprint density at radius 3 is 2.78 bits per heavy atom. The predicted molar refractivity (Wildman–Crippen MR) is 59.1 cm³/mol. The van der Waals surface area contributed by atoms with Gasteiger partial charge in [0.1, 0.15) is 18.3 Å². The molecule has 0 saturated carbocycles. The third-order valence-corrected chi connectivity index (χ3v) is 2.89. The molecular formula is C10H14N2O6. The van der Waals surface area contributed by atoms with Crippen LogP contribution in [0.2, 0.25) is 0 Å². The highest BCUT2D eigenvalue weighted by Crippen LogP contribution is 2.29. The SMILES string of the molecule is CO[C@H]1C(CO)O[C@@H](n2ccc(=O)[nH]c2=O)[C@@H]1O. The fraction of sp³-hybridized carbons (Fsp3) is 0.600. The number of hydrogen-bond acceptors (Lipinski definition) is 6. The molecular weight excluding hydrogens is 244 g/mol. The number of nitrogens with zero attached hydrogens (tertiary/aromatic N) is 1. The van der Waals surface area contributed by atoms with Crippen LogP contribution in [0.1, 0.15) is 6.23 Å². The number of nitrogens with one attached hydrogen (secondary N) is 1. The maximum Gasteiger partial charge on any atom is 0.330 e. The lowest BCUT2D eigenvalue weighted by Crippen LogP contribution is -2.38. The first kappa shape index (κ1) is 13.0. The van der Waals surface area contributed by atoms with Crippen LogP contribution in [0.15, 0.2) is 21.9 Å². The molecule has 1 unspecified atom stereocenters. The van der Waals surface area contributed by atoms with Crippen LogP contribution >= 0.6 is 0 Å². The first-order valence-corrected chi connectivity index (χ1v) is 5.37. The van der Waals surface area contributed by atoms with Gasteiger partial charge >= 0.3 is 5.69 Å². The fourth-order valence-electron chi connectivity index (χ4n) is 2.02. The molecule has 0 aromatic carbocycles. The van der Waals surface area contributed by atoms with Crippen molar-refractivity contribution in [3.8, 4) is 0 Å². The van der Waals surface area contributed by atoms with Gasteiger partial charge in [-0.25, -0.2) is 4.79 Å². The normalized spacial score (nSPS) is 31.7. The molecule has 0 bridgehead atoms. The van der Waals surface area contributed by atoms with E-state index in [0.29, 0.717) is 0 Å². The summed E-state index contributed by atoms with van der Waals surface area (Å²) >= 11 is 0. The molecule has 0 aliphatic carbocycles. The second-order valence-corrected chi connectivity index (χ2v) is 3.96. The van der Waals surface area contributed by atoms with Gasteiger partial charge in [-0.1, -0.05) is 0 Å². The molecule has 0 amide bonds. The largest absolute Gasteiger partial charge is 0.394 e. The van der Waals surface area contributed by atoms with Crippen LogP contribution in [-0.4, -0.2) is 51.8 Å². The first-order valence-electron chi connectivity index (χ1n) is 5.37. The van der Waals surface area contributed by atoms with Gasteiger partial charge < -0.3 is 19.7 Å². The second kappa shape index (κ2) is 5.02. The van der Waals surface area contributed by atoms with Gasteiger partial charge in [0, 0.05) is 19.4 Å². The first-order chi connectivity index (χ1) is 8.58. The van der Waals surface area contributed by atoms with Crippen molar-refractivity contribution in [2.75, 3.05) is 13.7 Å². The number of aromatic amines is 1. The lowest BCUT2D eigenvalue weighted by molar-refractivity contribution is -0.0569. The summed E-state index contributed by atoms with van der Waals surface area (Å²) in [6.07, 6.45) is -2.36. The minimum absolute atomic E-state index is 0.343. The molecule has 0 radical (unpaired) electrons. The standard InChI is InChI=1S/C10H14N2O6/c1-17-8-5(4-13)18-9(7(8)15)12-3-2-6(14)11-10(12)16/h2-3,5,7-9,13,15H,4H2,1H3,(H,11,14,16)/t5?,7-,8+,9-/m1/s1. The molecule has 4 atom stereocenters. The molecule has 1 aliphatic heterocycles. The molecule has 8 heteroatoms. The Kier molecular flexibility index (Phi) is 3.62. The number of ether oxygens (including phenoxy) is 2. The third-order valence-electron chi connectivity index (χ3n) is 2.89. The molecule has 3 N–H and O–H groups in total. The lowest BCUT2D eigenvalue weighted by atomic mass is 10.1. The minimum atomic E-state index is -1.12. The Hall–Kier alpha value is -1.48. The van der Waals surface area contributed by atoms with Gasteiger partial charge in [0.25, 0.3) is 5.56 Å². The maximum atomic E-state index is 11.6. The van der Waals surface area contributed by atoms with Crippen LogP contribution in [0.3, 0.4) is 0 Å². The van der Waals surface area contributed by atoms with Gasteiger partial charge in [-0.2, -0.15) is 0 Å². The zero-order valence-corrected chi connectivity index (χ0v) is 9.65. The molecule has 100 valence electrons. The van der Waals surface area contributed by atoms with Crippen molar-refractivity contribution in [1.29, 1.82) is 0 Å². The van der Waals surface area contributed by atoms with E-state index in [1.54, 1.807) is 0 Å². The summed E-state index contributed by atoms with van der Waals surface area (Å²) in [5.74, 6) is 0. The molecule has 1 saturated heterocycles. The molecule has 0 spiro atoms. The van der Waals surface area contributed by atoms with Crippen molar-refractivity contribution in [3.63, 3.8) is 0 Å². The number of H-pyrrole nitrogens is 1. The van der Waals surface area contributed by atoms with Crippen molar-refractivity contribution in [3.05, 3.63) is 33.1 Å². The number of aliphatic hydroxyl groups is 2. The molecule has 1 aromatic heterocycles. The number of rotatable bonds is 3. The van der Waals surface area contributed by atoms with Crippen molar-refractivity contribution in [2.24, 2.45) is 0 Å². The van der Waals surface area contributed by atoms with E-state index in [2.05, 4.69) is 4.98 Å². The van der Waals surface area contributed by atoms with E-state index in [9.17, 15) is 14.7 Å². The van der Waals surface area contributed by atoms with E-state index in [1.165, 1.54) is 13.3 Å². The Morgan fingerprint density at radius 2 is 2.28 bits per heavy atom. The highest BCUT2D eigenvalue weighted by molar-refractivity contribution is 4.93. The number of aliphatic hydroxyl groups excluding tert-OH is 2. The van der Waals surface area contributed by atoms with E-state index in [0.717, 1.165) is 10.6 Å². The lowest BCUT2D eigenvalue weighted by Gasteiger charge is -2.17. The van der Waals surface area contributed by atoms with Crippen LogP contribution < -0.4 is 11.2 Å². The average Bonchev–Trinajstić information content (AvgIpc) is 2.66. The number of hydrogen-bond donors (Lipinski definition) is 3. The number of aromatic nitrogens is 2. The zero-order valence-electron chi connectivity index (χ0n) is 9.65. The molecule has 1 aromatic rings. The molecule has 2 rings (SSSR count). The van der Waals surface area contributed by atoms with Gasteiger partial charge in [-0.05, 0) is 0 Å². The summed E-state index contributed by atoms with van der Waals surface area (Å²) in [4.78, 5) is 24.6. The Balaban J connectivity index is 2.34. The molecule has 1 fully saturated rings. The van der Waals surface area contributed by atoms with Crippen molar-refractivity contribution >= 4 is 0 Å². The van der Waals surface area contributed by atoms with Gasteiger partial charge in [-0.3, -0.25) is 14.3 Å². The predicted octanol–water partition coefficient (Wildman–Crippen LogP) is -2.20. The smallest absolute Gasteiger partial charge is 0.330 e. The van der Waals surface area contributed by atoms with Gasteiger partial charge in [-0.15, -0.1) is 0 Å². The third kappa shape index (κ3) is 2.10. The zero-order chi connectivity index (χ0) is 13.3. The average molecular weight is 258 g/mol. The summed E-state index contributed by atoms with van der Waals surface area (Å²) < 4.78 is 11.4.